The van der Waals surface area contributed by atoms with E-state index in [1.54, 1.807) is 6.26 Å². The molecule has 0 amide bonds. The summed E-state index contributed by atoms with van der Waals surface area (Å²) in [4.78, 5) is 21.3. The van der Waals surface area contributed by atoms with Crippen molar-refractivity contribution in [3.05, 3.63) is 77.4 Å². The van der Waals surface area contributed by atoms with Gasteiger partial charge >= 0.3 is 0 Å². The first-order valence-corrected chi connectivity index (χ1v) is 9.77. The number of rotatable bonds is 6. The van der Waals surface area contributed by atoms with Gasteiger partial charge in [0.1, 0.15) is 28.6 Å². The molecule has 0 saturated heterocycles. The molecule has 5 nitrogen and oxygen atoms in total. The fourth-order valence-electron chi connectivity index (χ4n) is 3.15. The largest absolute Gasteiger partial charge is 0.467 e. The zero-order valence-electron chi connectivity index (χ0n) is 15.5. The first kappa shape index (κ1) is 18.4. The lowest BCUT2D eigenvalue weighted by molar-refractivity contribution is 0.102. The van der Waals surface area contributed by atoms with Gasteiger partial charge in [-0.05, 0) is 55.8 Å². The smallest absolute Gasteiger partial charge is 0.173 e. The molecule has 0 saturated carbocycles. The molecule has 7 heteroatoms. The lowest BCUT2D eigenvalue weighted by Gasteiger charge is -2.06. The zero-order chi connectivity index (χ0) is 19.7. The highest BCUT2D eigenvalue weighted by atomic mass is 32.2. The summed E-state index contributed by atoms with van der Waals surface area (Å²) in [6.07, 6.45) is 3.17. The average Bonchev–Trinajstić information content (AvgIpc) is 3.30. The second-order valence-electron chi connectivity index (χ2n) is 6.47. The van der Waals surface area contributed by atoms with Crippen LogP contribution in [-0.4, -0.2) is 26.1 Å². The van der Waals surface area contributed by atoms with Crippen LogP contribution in [0.1, 0.15) is 27.4 Å². The number of carbonyl (C=O) groups is 1. The van der Waals surface area contributed by atoms with Crippen molar-refractivity contribution in [1.82, 2.24) is 14.5 Å². The number of halogens is 1. The third kappa shape index (κ3) is 3.45. The molecule has 0 aliphatic carbocycles. The fraction of sp³-hybridized carbons (Fsp3) is 0.190. The van der Waals surface area contributed by atoms with Crippen molar-refractivity contribution < 1.29 is 13.6 Å². The van der Waals surface area contributed by atoms with Crippen LogP contribution in [0.25, 0.3) is 11.0 Å². The summed E-state index contributed by atoms with van der Waals surface area (Å²) < 4.78 is 20.6. The maximum Gasteiger partial charge on any atom is 0.173 e. The number of furan rings is 1. The van der Waals surface area contributed by atoms with Crippen molar-refractivity contribution in [2.45, 2.75) is 25.4 Å². The molecule has 3 heterocycles. The summed E-state index contributed by atoms with van der Waals surface area (Å²) in [5.74, 6) is 0.644. The topological polar surface area (TPSA) is 60.9 Å². The molecule has 0 N–H and O–H groups in total. The van der Waals surface area contributed by atoms with E-state index in [0.29, 0.717) is 12.1 Å². The molecule has 0 fully saturated rings. The Morgan fingerprint density at radius 2 is 1.96 bits per heavy atom. The number of benzene rings is 1. The molecule has 0 spiro atoms. The lowest BCUT2D eigenvalue weighted by atomic mass is 10.1. The van der Waals surface area contributed by atoms with Gasteiger partial charge in [-0.15, -0.1) is 0 Å². The van der Waals surface area contributed by atoms with Gasteiger partial charge in [-0.25, -0.2) is 14.4 Å². The first-order chi connectivity index (χ1) is 13.5. The molecule has 0 aliphatic heterocycles. The van der Waals surface area contributed by atoms with Crippen LogP contribution in [0.4, 0.5) is 4.39 Å². The molecule has 4 rings (SSSR count). The maximum absolute atomic E-state index is 13.1. The van der Waals surface area contributed by atoms with E-state index < -0.39 is 0 Å². The van der Waals surface area contributed by atoms with Gasteiger partial charge in [0.05, 0.1) is 23.9 Å². The monoisotopic (exact) mass is 395 g/mol. The van der Waals surface area contributed by atoms with E-state index in [9.17, 15) is 9.18 Å². The van der Waals surface area contributed by atoms with Crippen molar-refractivity contribution in [2.75, 3.05) is 5.75 Å². The Balaban J connectivity index is 1.63. The van der Waals surface area contributed by atoms with Crippen molar-refractivity contribution in [1.29, 1.82) is 0 Å². The van der Waals surface area contributed by atoms with Gasteiger partial charge in [0.25, 0.3) is 0 Å². The van der Waals surface area contributed by atoms with Gasteiger partial charge in [0.15, 0.2) is 5.78 Å². The standard InChI is InChI=1S/C21H18FN3O2S/c1-13-14(2)25(10-17-4-3-9-27-17)20-19(13)21(24-12-23-20)28-11-18(26)15-5-7-16(22)8-6-15/h3-9,12H,10-11H2,1-2H3. The lowest BCUT2D eigenvalue weighted by Crippen LogP contribution is -2.03. The Hall–Kier alpha value is -2.93. The maximum atomic E-state index is 13.1. The van der Waals surface area contributed by atoms with Gasteiger partial charge in [0, 0.05) is 11.3 Å². The zero-order valence-corrected chi connectivity index (χ0v) is 16.3. The minimum absolute atomic E-state index is 0.0684. The number of ketones is 1. The van der Waals surface area contributed by atoms with Gasteiger partial charge in [-0.2, -0.15) is 0 Å². The van der Waals surface area contributed by atoms with Crippen molar-refractivity contribution in [2.24, 2.45) is 0 Å². The molecule has 28 heavy (non-hydrogen) atoms. The second-order valence-corrected chi connectivity index (χ2v) is 7.44. The summed E-state index contributed by atoms with van der Waals surface area (Å²) >= 11 is 1.37. The normalized spacial score (nSPS) is 11.2. The summed E-state index contributed by atoms with van der Waals surface area (Å²) in [5, 5.41) is 1.71. The summed E-state index contributed by atoms with van der Waals surface area (Å²) in [6.45, 7) is 4.66. The minimum Gasteiger partial charge on any atom is -0.467 e. The number of Topliss-reactive ketones (excluding diaryl/α,β-unsaturated/α-hetero) is 1. The van der Waals surface area contributed by atoms with Crippen LogP contribution < -0.4 is 0 Å². The van der Waals surface area contributed by atoms with Gasteiger partial charge in [-0.1, -0.05) is 11.8 Å². The molecule has 0 atom stereocenters. The van der Waals surface area contributed by atoms with Crippen LogP contribution in [-0.2, 0) is 6.54 Å². The van der Waals surface area contributed by atoms with Gasteiger partial charge in [0.2, 0.25) is 0 Å². The number of hydrogen-bond donors (Lipinski definition) is 0. The SMILES string of the molecule is Cc1c(C)n(Cc2ccco2)c2ncnc(SCC(=O)c3ccc(F)cc3)c12. The Morgan fingerprint density at radius 3 is 2.68 bits per heavy atom. The Morgan fingerprint density at radius 1 is 1.18 bits per heavy atom. The quantitative estimate of drug-likeness (QED) is 0.267. The van der Waals surface area contributed by atoms with Crippen molar-refractivity contribution in [3.8, 4) is 0 Å². The third-order valence-electron chi connectivity index (χ3n) is 4.77. The highest BCUT2D eigenvalue weighted by molar-refractivity contribution is 8.00. The van der Waals surface area contributed by atoms with Crippen LogP contribution in [0.3, 0.4) is 0 Å². The Labute approximate surface area is 165 Å². The van der Waals surface area contributed by atoms with Crippen LogP contribution in [0.15, 0.2) is 58.4 Å². The molecule has 4 aromatic rings. The predicted molar refractivity (Wildman–Crippen MR) is 106 cm³/mol. The molecule has 0 bridgehead atoms. The van der Waals surface area contributed by atoms with E-state index in [2.05, 4.69) is 14.5 Å². The summed E-state index contributed by atoms with van der Waals surface area (Å²) in [7, 11) is 0. The van der Waals surface area contributed by atoms with E-state index in [1.807, 2.05) is 26.0 Å². The molecule has 0 unspecified atom stereocenters. The fourth-order valence-corrected chi connectivity index (χ4v) is 4.09. The minimum atomic E-state index is -0.356. The van der Waals surface area contributed by atoms with Crippen LogP contribution in [0.5, 0.6) is 0 Å². The van der Waals surface area contributed by atoms with E-state index >= 15 is 0 Å². The summed E-state index contributed by atoms with van der Waals surface area (Å²) in [6, 6.07) is 9.39. The van der Waals surface area contributed by atoms with Crippen molar-refractivity contribution in [3.63, 3.8) is 0 Å². The van der Waals surface area contributed by atoms with Crippen molar-refractivity contribution >= 4 is 28.6 Å². The molecule has 142 valence electrons. The average molecular weight is 395 g/mol. The van der Waals surface area contributed by atoms with Gasteiger partial charge < -0.3 is 8.98 Å². The van der Waals surface area contributed by atoms with Gasteiger partial charge in [-0.3, -0.25) is 4.79 Å². The van der Waals surface area contributed by atoms with E-state index in [0.717, 1.165) is 33.1 Å². The van der Waals surface area contributed by atoms with Crippen LogP contribution in [0.2, 0.25) is 0 Å². The number of nitrogens with zero attached hydrogens (tertiary/aromatic N) is 3. The molecular formula is C21H18FN3O2S. The number of aryl methyl sites for hydroxylation is 1. The van der Waals surface area contributed by atoms with E-state index in [1.165, 1.54) is 42.4 Å². The number of carbonyl (C=O) groups excluding carboxylic acids is 1. The van der Waals surface area contributed by atoms with Crippen LogP contribution in [0, 0.1) is 19.7 Å². The number of hydrogen-bond acceptors (Lipinski definition) is 5. The molecule has 3 aromatic heterocycles. The number of aromatic nitrogens is 3. The Kier molecular flexibility index (Phi) is 5.00. The Bertz CT molecular complexity index is 1130. The molecule has 1 aromatic carbocycles. The van der Waals surface area contributed by atoms with Crippen LogP contribution >= 0.6 is 11.8 Å². The third-order valence-corrected chi connectivity index (χ3v) is 5.76. The summed E-state index contributed by atoms with van der Waals surface area (Å²) in [5.41, 5.74) is 3.47. The molecular weight excluding hydrogens is 377 g/mol. The predicted octanol–water partition coefficient (Wildman–Crippen LogP) is 4.80. The van der Waals surface area contributed by atoms with E-state index in [4.69, 9.17) is 4.42 Å². The second kappa shape index (κ2) is 7.59. The number of thioether (sulfide) groups is 1. The molecule has 0 aliphatic rings. The highest BCUT2D eigenvalue weighted by Gasteiger charge is 2.18. The first-order valence-electron chi connectivity index (χ1n) is 8.79. The highest BCUT2D eigenvalue weighted by Crippen LogP contribution is 2.32. The molecule has 0 radical (unpaired) electrons. The number of fused-ring (bicyclic) bond motifs is 1. The van der Waals surface area contributed by atoms with E-state index in [-0.39, 0.29) is 17.4 Å².